The molecule has 3 aromatic rings. The number of aryl methyl sites for hydroxylation is 2. The van der Waals surface area contributed by atoms with Gasteiger partial charge in [-0.15, -0.1) is 0 Å². The monoisotopic (exact) mass is 282 g/mol. The fourth-order valence-corrected chi connectivity index (χ4v) is 2.04. The molecule has 2 heterocycles. The Morgan fingerprint density at radius 1 is 1.24 bits per heavy atom. The number of aromatic nitrogens is 3. The van der Waals surface area contributed by atoms with E-state index >= 15 is 0 Å². The van der Waals surface area contributed by atoms with Crippen LogP contribution < -0.4 is 5.32 Å². The molecule has 6 heteroatoms. The molecule has 106 valence electrons. The Bertz CT molecular complexity index is 774. The van der Waals surface area contributed by atoms with Crippen LogP contribution in [0.15, 0.2) is 47.0 Å². The molecule has 0 unspecified atom stereocenters. The van der Waals surface area contributed by atoms with Gasteiger partial charge in [0.1, 0.15) is 5.82 Å². The SMILES string of the molecule is Cc1nc(C(=O)Nc2ccnn2C)c(-c2ccccc2)o1. The third-order valence-corrected chi connectivity index (χ3v) is 3.05. The molecule has 0 bridgehead atoms. The van der Waals surface area contributed by atoms with Crippen LogP contribution in [0, 0.1) is 6.92 Å². The smallest absolute Gasteiger partial charge is 0.279 e. The molecule has 0 spiro atoms. The maximum atomic E-state index is 12.4. The minimum absolute atomic E-state index is 0.264. The second-order valence-corrected chi connectivity index (χ2v) is 4.57. The van der Waals surface area contributed by atoms with E-state index in [1.165, 1.54) is 0 Å². The second-order valence-electron chi connectivity index (χ2n) is 4.57. The van der Waals surface area contributed by atoms with Crippen molar-refractivity contribution in [3.63, 3.8) is 0 Å². The highest BCUT2D eigenvalue weighted by Gasteiger charge is 2.20. The van der Waals surface area contributed by atoms with Crippen molar-refractivity contribution < 1.29 is 9.21 Å². The van der Waals surface area contributed by atoms with Crippen LogP contribution in [0.4, 0.5) is 5.82 Å². The topological polar surface area (TPSA) is 73.0 Å². The molecule has 0 aliphatic carbocycles. The van der Waals surface area contributed by atoms with Crippen molar-refractivity contribution in [1.82, 2.24) is 14.8 Å². The van der Waals surface area contributed by atoms with Gasteiger partial charge >= 0.3 is 0 Å². The first-order valence-electron chi connectivity index (χ1n) is 6.47. The predicted octanol–water partition coefficient (Wildman–Crippen LogP) is 2.64. The summed E-state index contributed by atoms with van der Waals surface area (Å²) in [6.45, 7) is 1.72. The Morgan fingerprint density at radius 3 is 2.67 bits per heavy atom. The lowest BCUT2D eigenvalue weighted by atomic mass is 10.1. The van der Waals surface area contributed by atoms with Crippen molar-refractivity contribution in [3.8, 4) is 11.3 Å². The maximum absolute atomic E-state index is 12.4. The van der Waals surface area contributed by atoms with E-state index in [1.54, 1.807) is 30.9 Å². The van der Waals surface area contributed by atoms with Gasteiger partial charge in [0.05, 0.1) is 6.20 Å². The molecule has 3 rings (SSSR count). The average Bonchev–Trinajstić information content (AvgIpc) is 3.06. The highest BCUT2D eigenvalue weighted by Crippen LogP contribution is 2.25. The van der Waals surface area contributed by atoms with Crippen LogP contribution in [0.3, 0.4) is 0 Å². The summed E-state index contributed by atoms with van der Waals surface area (Å²) in [6.07, 6.45) is 1.61. The lowest BCUT2D eigenvalue weighted by Crippen LogP contribution is -2.15. The Labute approximate surface area is 121 Å². The second kappa shape index (κ2) is 5.24. The van der Waals surface area contributed by atoms with Gasteiger partial charge in [-0.3, -0.25) is 9.48 Å². The number of nitrogens with one attached hydrogen (secondary N) is 1. The van der Waals surface area contributed by atoms with Gasteiger partial charge < -0.3 is 9.73 Å². The molecule has 0 atom stereocenters. The highest BCUT2D eigenvalue weighted by molar-refractivity contribution is 6.06. The highest BCUT2D eigenvalue weighted by atomic mass is 16.4. The van der Waals surface area contributed by atoms with E-state index < -0.39 is 0 Å². The van der Waals surface area contributed by atoms with Crippen molar-refractivity contribution in [2.24, 2.45) is 7.05 Å². The summed E-state index contributed by atoms with van der Waals surface area (Å²) in [5.74, 6) is 1.19. The number of anilines is 1. The van der Waals surface area contributed by atoms with Gasteiger partial charge in [0, 0.05) is 25.6 Å². The number of nitrogens with zero attached hydrogens (tertiary/aromatic N) is 3. The van der Waals surface area contributed by atoms with E-state index in [0.717, 1.165) is 5.56 Å². The number of rotatable bonds is 3. The van der Waals surface area contributed by atoms with E-state index in [9.17, 15) is 4.79 Å². The van der Waals surface area contributed by atoms with Gasteiger partial charge in [0.15, 0.2) is 17.3 Å². The van der Waals surface area contributed by atoms with Gasteiger partial charge in [0.25, 0.3) is 5.91 Å². The Kier molecular flexibility index (Phi) is 3.27. The van der Waals surface area contributed by atoms with Crippen molar-refractivity contribution in [3.05, 3.63) is 54.2 Å². The van der Waals surface area contributed by atoms with Gasteiger partial charge in [-0.25, -0.2) is 4.98 Å². The molecular formula is C15H14N4O2. The summed E-state index contributed by atoms with van der Waals surface area (Å²) in [7, 11) is 1.75. The molecule has 6 nitrogen and oxygen atoms in total. The fourth-order valence-electron chi connectivity index (χ4n) is 2.04. The number of hydrogen-bond acceptors (Lipinski definition) is 4. The minimum atomic E-state index is -0.325. The number of oxazole rings is 1. The standard InChI is InChI=1S/C15H14N4O2/c1-10-17-13(14(21-10)11-6-4-3-5-7-11)15(20)18-12-8-9-16-19(12)2/h3-9H,1-2H3,(H,18,20). The molecule has 0 radical (unpaired) electrons. The summed E-state index contributed by atoms with van der Waals surface area (Å²) in [5, 5.41) is 6.78. The predicted molar refractivity (Wildman–Crippen MR) is 77.8 cm³/mol. The first-order chi connectivity index (χ1) is 10.1. The normalized spacial score (nSPS) is 10.6. The van der Waals surface area contributed by atoms with E-state index in [2.05, 4.69) is 15.4 Å². The molecule has 0 aliphatic rings. The molecule has 0 saturated heterocycles. The molecule has 0 fully saturated rings. The van der Waals surface area contributed by atoms with Crippen LogP contribution >= 0.6 is 0 Å². The zero-order chi connectivity index (χ0) is 14.8. The fraction of sp³-hybridized carbons (Fsp3) is 0.133. The molecule has 1 aromatic carbocycles. The Hall–Kier alpha value is -2.89. The van der Waals surface area contributed by atoms with Crippen molar-refractivity contribution in [2.75, 3.05) is 5.32 Å². The number of carbonyl (C=O) groups excluding carboxylic acids is 1. The summed E-state index contributed by atoms with van der Waals surface area (Å²) in [6, 6.07) is 11.1. The van der Waals surface area contributed by atoms with E-state index in [1.807, 2.05) is 30.3 Å². The quantitative estimate of drug-likeness (QED) is 0.801. The molecule has 1 N–H and O–H groups in total. The van der Waals surface area contributed by atoms with Crippen LogP contribution in [0.5, 0.6) is 0 Å². The van der Waals surface area contributed by atoms with Crippen LogP contribution in [0.1, 0.15) is 16.4 Å². The minimum Gasteiger partial charge on any atom is -0.440 e. The van der Waals surface area contributed by atoms with E-state index in [0.29, 0.717) is 17.5 Å². The van der Waals surface area contributed by atoms with Crippen LogP contribution in [-0.4, -0.2) is 20.7 Å². The lowest BCUT2D eigenvalue weighted by Gasteiger charge is -2.04. The first kappa shape index (κ1) is 13.1. The summed E-state index contributed by atoms with van der Waals surface area (Å²) in [4.78, 5) is 16.6. The van der Waals surface area contributed by atoms with Crippen LogP contribution in [0.25, 0.3) is 11.3 Å². The zero-order valence-electron chi connectivity index (χ0n) is 11.7. The van der Waals surface area contributed by atoms with Crippen molar-refractivity contribution in [1.29, 1.82) is 0 Å². The Balaban J connectivity index is 1.96. The number of hydrogen-bond donors (Lipinski definition) is 1. The number of carbonyl (C=O) groups is 1. The van der Waals surface area contributed by atoms with E-state index in [4.69, 9.17) is 4.42 Å². The van der Waals surface area contributed by atoms with Gasteiger partial charge in [0.2, 0.25) is 0 Å². The summed E-state index contributed by atoms with van der Waals surface area (Å²) in [5.41, 5.74) is 1.08. The molecule has 21 heavy (non-hydrogen) atoms. The van der Waals surface area contributed by atoms with Crippen molar-refractivity contribution in [2.45, 2.75) is 6.92 Å². The molecule has 0 saturated carbocycles. The largest absolute Gasteiger partial charge is 0.440 e. The first-order valence-corrected chi connectivity index (χ1v) is 6.47. The Morgan fingerprint density at radius 2 is 2.00 bits per heavy atom. The van der Waals surface area contributed by atoms with Gasteiger partial charge in [-0.2, -0.15) is 5.10 Å². The third-order valence-electron chi connectivity index (χ3n) is 3.05. The molecular weight excluding hydrogens is 268 g/mol. The van der Waals surface area contributed by atoms with Gasteiger partial charge in [-0.05, 0) is 0 Å². The zero-order valence-corrected chi connectivity index (χ0v) is 11.7. The molecule has 1 amide bonds. The average molecular weight is 282 g/mol. The van der Waals surface area contributed by atoms with Crippen LogP contribution in [0.2, 0.25) is 0 Å². The van der Waals surface area contributed by atoms with Crippen LogP contribution in [-0.2, 0) is 7.05 Å². The van der Waals surface area contributed by atoms with Crippen molar-refractivity contribution >= 4 is 11.7 Å². The third kappa shape index (κ3) is 2.55. The summed E-state index contributed by atoms with van der Waals surface area (Å²) < 4.78 is 7.15. The molecule has 2 aromatic heterocycles. The summed E-state index contributed by atoms with van der Waals surface area (Å²) >= 11 is 0. The molecule has 0 aliphatic heterocycles. The number of benzene rings is 1. The number of amides is 1. The van der Waals surface area contributed by atoms with E-state index in [-0.39, 0.29) is 11.6 Å². The van der Waals surface area contributed by atoms with Gasteiger partial charge in [-0.1, -0.05) is 30.3 Å². The lowest BCUT2D eigenvalue weighted by molar-refractivity contribution is 0.102. The maximum Gasteiger partial charge on any atom is 0.279 e.